The Morgan fingerprint density at radius 3 is 2.44 bits per heavy atom. The number of carbonyl (C=O) groups excluding carboxylic acids is 3. The van der Waals surface area contributed by atoms with Crippen LogP contribution >= 0.6 is 11.3 Å². The Morgan fingerprint density at radius 2 is 1.72 bits per heavy atom. The molecule has 3 heterocycles. The molecule has 0 radical (unpaired) electrons. The van der Waals surface area contributed by atoms with Crippen LogP contribution in [0.1, 0.15) is 39.2 Å². The number of imide groups is 1. The van der Waals surface area contributed by atoms with Crippen molar-refractivity contribution in [1.82, 2.24) is 9.80 Å². The third kappa shape index (κ3) is 3.09. The Labute approximate surface area is 149 Å². The van der Waals surface area contributed by atoms with Gasteiger partial charge in [-0.25, -0.2) is 0 Å². The highest BCUT2D eigenvalue weighted by atomic mass is 32.1. The quantitative estimate of drug-likeness (QED) is 0.796. The number of likely N-dealkylation sites (tertiary alicyclic amines) is 1. The summed E-state index contributed by atoms with van der Waals surface area (Å²) in [5, 5.41) is 2.08. The van der Waals surface area contributed by atoms with Gasteiger partial charge in [0, 0.05) is 36.4 Å². The van der Waals surface area contributed by atoms with Crippen molar-refractivity contribution in [1.29, 1.82) is 0 Å². The van der Waals surface area contributed by atoms with Gasteiger partial charge in [-0.3, -0.25) is 19.3 Å². The van der Waals surface area contributed by atoms with Crippen molar-refractivity contribution in [3.05, 3.63) is 57.3 Å². The van der Waals surface area contributed by atoms with Crippen LogP contribution in [0.5, 0.6) is 0 Å². The molecule has 0 unspecified atom stereocenters. The highest BCUT2D eigenvalue weighted by Crippen LogP contribution is 2.25. The van der Waals surface area contributed by atoms with Gasteiger partial charge in [0.2, 0.25) is 11.8 Å². The minimum atomic E-state index is -0.120. The van der Waals surface area contributed by atoms with Crippen LogP contribution in [0.3, 0.4) is 0 Å². The summed E-state index contributed by atoms with van der Waals surface area (Å²) in [6, 6.07) is 9.31. The summed E-state index contributed by atoms with van der Waals surface area (Å²) in [5.74, 6) is -0.216. The zero-order chi connectivity index (χ0) is 17.4. The number of rotatable bonds is 3. The highest BCUT2D eigenvalue weighted by Gasteiger charge is 2.28. The van der Waals surface area contributed by atoms with Crippen molar-refractivity contribution in [3.63, 3.8) is 0 Å². The molecule has 25 heavy (non-hydrogen) atoms. The third-order valence-corrected chi connectivity index (χ3v) is 5.81. The highest BCUT2D eigenvalue weighted by molar-refractivity contribution is 7.10. The predicted octanol–water partition coefficient (Wildman–Crippen LogP) is 2.60. The standard InChI is InChI=1S/C19H18N2O3S/c22-17-5-6-18(23)21(17)11-13-1-3-14(4-2-13)19(24)20-9-7-16-15(12-20)8-10-25-16/h1-4,8,10H,5-7,9,11-12H2. The lowest BCUT2D eigenvalue weighted by molar-refractivity contribution is -0.139. The van der Waals surface area contributed by atoms with Gasteiger partial charge in [-0.05, 0) is 41.1 Å². The average Bonchev–Trinajstić information content (AvgIpc) is 3.22. The number of hydrogen-bond acceptors (Lipinski definition) is 4. The van der Waals surface area contributed by atoms with Gasteiger partial charge < -0.3 is 4.90 Å². The molecular formula is C19H18N2O3S. The second-order valence-corrected chi connectivity index (χ2v) is 7.42. The third-order valence-electron chi connectivity index (χ3n) is 4.79. The van der Waals surface area contributed by atoms with Crippen molar-refractivity contribution in [3.8, 4) is 0 Å². The van der Waals surface area contributed by atoms with Gasteiger partial charge in [0.25, 0.3) is 5.91 Å². The smallest absolute Gasteiger partial charge is 0.254 e. The molecular weight excluding hydrogens is 336 g/mol. The number of thiophene rings is 1. The number of hydrogen-bond donors (Lipinski definition) is 0. The normalized spacial score (nSPS) is 17.1. The fraction of sp³-hybridized carbons (Fsp3) is 0.316. The largest absolute Gasteiger partial charge is 0.334 e. The molecule has 3 amide bonds. The van der Waals surface area contributed by atoms with Crippen molar-refractivity contribution in [2.45, 2.75) is 32.4 Å². The Kier molecular flexibility index (Phi) is 4.13. The molecule has 4 rings (SSSR count). The maximum Gasteiger partial charge on any atom is 0.254 e. The molecule has 2 aromatic rings. The van der Waals surface area contributed by atoms with Crippen LogP contribution in [-0.4, -0.2) is 34.1 Å². The van der Waals surface area contributed by atoms with Gasteiger partial charge in [0.1, 0.15) is 0 Å². The predicted molar refractivity (Wildman–Crippen MR) is 94.0 cm³/mol. The number of amides is 3. The van der Waals surface area contributed by atoms with E-state index in [2.05, 4.69) is 11.4 Å². The average molecular weight is 354 g/mol. The van der Waals surface area contributed by atoms with E-state index in [9.17, 15) is 14.4 Å². The lowest BCUT2D eigenvalue weighted by Crippen LogP contribution is -2.35. The first kappa shape index (κ1) is 16.0. The fourth-order valence-corrected chi connectivity index (χ4v) is 4.23. The molecule has 0 N–H and O–H groups in total. The first-order chi connectivity index (χ1) is 12.1. The molecule has 1 fully saturated rings. The van der Waals surface area contributed by atoms with E-state index in [0.717, 1.165) is 18.5 Å². The number of benzene rings is 1. The SMILES string of the molecule is O=C(c1ccc(CN2C(=O)CCC2=O)cc1)N1CCc2sccc2C1. The Bertz CT molecular complexity index is 825. The molecule has 2 aliphatic rings. The summed E-state index contributed by atoms with van der Waals surface area (Å²) in [7, 11) is 0. The van der Waals surface area contributed by atoms with Gasteiger partial charge in [-0.15, -0.1) is 11.3 Å². The van der Waals surface area contributed by atoms with Gasteiger partial charge >= 0.3 is 0 Å². The second-order valence-electron chi connectivity index (χ2n) is 6.42. The molecule has 0 spiro atoms. The van der Waals surface area contributed by atoms with Crippen LogP contribution < -0.4 is 0 Å². The second kappa shape index (κ2) is 6.44. The Balaban J connectivity index is 1.44. The van der Waals surface area contributed by atoms with Crippen molar-refractivity contribution in [2.75, 3.05) is 6.54 Å². The zero-order valence-corrected chi connectivity index (χ0v) is 14.6. The Morgan fingerprint density at radius 1 is 1.00 bits per heavy atom. The van der Waals surface area contributed by atoms with Gasteiger partial charge in [-0.1, -0.05) is 12.1 Å². The van der Waals surface area contributed by atoms with E-state index >= 15 is 0 Å². The van der Waals surface area contributed by atoms with Crippen molar-refractivity contribution in [2.24, 2.45) is 0 Å². The number of fused-ring (bicyclic) bond motifs is 1. The minimum absolute atomic E-state index is 0.0247. The van der Waals surface area contributed by atoms with Crippen LogP contribution in [0.15, 0.2) is 35.7 Å². The van der Waals surface area contributed by atoms with Crippen LogP contribution in [0.4, 0.5) is 0 Å². The molecule has 0 saturated carbocycles. The Hall–Kier alpha value is -2.47. The van der Waals surface area contributed by atoms with Crippen LogP contribution in [0.2, 0.25) is 0 Å². The van der Waals surface area contributed by atoms with E-state index in [4.69, 9.17) is 0 Å². The summed E-state index contributed by atoms with van der Waals surface area (Å²) in [6.07, 6.45) is 1.51. The summed E-state index contributed by atoms with van der Waals surface area (Å²) >= 11 is 1.75. The molecule has 1 aromatic carbocycles. The topological polar surface area (TPSA) is 57.7 Å². The molecule has 0 atom stereocenters. The zero-order valence-electron chi connectivity index (χ0n) is 13.7. The van der Waals surface area contributed by atoms with E-state index in [1.54, 1.807) is 23.5 Å². The number of nitrogens with zero attached hydrogens (tertiary/aromatic N) is 2. The van der Waals surface area contributed by atoms with Gasteiger partial charge in [0.15, 0.2) is 0 Å². The number of carbonyl (C=O) groups is 3. The van der Waals surface area contributed by atoms with E-state index in [1.807, 2.05) is 17.0 Å². The van der Waals surface area contributed by atoms with Crippen LogP contribution in [-0.2, 0) is 29.1 Å². The molecule has 6 heteroatoms. The molecule has 128 valence electrons. The summed E-state index contributed by atoms with van der Waals surface area (Å²) in [4.78, 5) is 40.6. The fourth-order valence-electron chi connectivity index (χ4n) is 3.34. The van der Waals surface area contributed by atoms with Crippen LogP contribution in [0.25, 0.3) is 0 Å². The van der Waals surface area contributed by atoms with Gasteiger partial charge in [-0.2, -0.15) is 0 Å². The molecule has 0 bridgehead atoms. The lowest BCUT2D eigenvalue weighted by atomic mass is 10.1. The summed E-state index contributed by atoms with van der Waals surface area (Å²) < 4.78 is 0. The maximum absolute atomic E-state index is 12.7. The molecule has 2 aliphatic heterocycles. The molecule has 1 aromatic heterocycles. The maximum atomic E-state index is 12.7. The monoisotopic (exact) mass is 354 g/mol. The minimum Gasteiger partial charge on any atom is -0.334 e. The summed E-state index contributed by atoms with van der Waals surface area (Å²) in [5.41, 5.74) is 2.74. The summed E-state index contributed by atoms with van der Waals surface area (Å²) in [6.45, 7) is 1.69. The van der Waals surface area contributed by atoms with Crippen LogP contribution in [0, 0.1) is 0 Å². The van der Waals surface area contributed by atoms with E-state index in [0.29, 0.717) is 24.9 Å². The van der Waals surface area contributed by atoms with Crippen molar-refractivity contribution >= 4 is 29.1 Å². The van der Waals surface area contributed by atoms with E-state index < -0.39 is 0 Å². The lowest BCUT2D eigenvalue weighted by Gasteiger charge is -2.27. The van der Waals surface area contributed by atoms with E-state index in [-0.39, 0.29) is 24.3 Å². The van der Waals surface area contributed by atoms with Gasteiger partial charge in [0.05, 0.1) is 6.54 Å². The first-order valence-corrected chi connectivity index (χ1v) is 9.26. The molecule has 0 aliphatic carbocycles. The first-order valence-electron chi connectivity index (χ1n) is 8.38. The van der Waals surface area contributed by atoms with Crippen molar-refractivity contribution < 1.29 is 14.4 Å². The van der Waals surface area contributed by atoms with E-state index in [1.165, 1.54) is 15.3 Å². The molecule has 5 nitrogen and oxygen atoms in total. The molecule has 1 saturated heterocycles.